The maximum Gasteiger partial charge on any atom is 0.224 e. The summed E-state index contributed by atoms with van der Waals surface area (Å²) in [5.41, 5.74) is 0.285. The first kappa shape index (κ1) is 15.0. The summed E-state index contributed by atoms with van der Waals surface area (Å²) in [5, 5.41) is -0.128. The molecule has 1 fully saturated rings. The number of rotatable bonds is 3. The van der Waals surface area contributed by atoms with Crippen LogP contribution < -0.4 is 0 Å². The number of halogens is 2. The number of thioether (sulfide) groups is 1. The number of hydrogen-bond donors (Lipinski definition) is 0. The van der Waals surface area contributed by atoms with Crippen molar-refractivity contribution in [1.82, 2.24) is 4.90 Å². The normalized spacial score (nSPS) is 20.3. The molecule has 1 aromatic carbocycles. The van der Waals surface area contributed by atoms with Gasteiger partial charge >= 0.3 is 0 Å². The number of carbonyl (C=O) groups excluding carboxylic acids is 2. The highest BCUT2D eigenvalue weighted by molar-refractivity contribution is 8.14. The van der Waals surface area contributed by atoms with Gasteiger partial charge in [-0.05, 0) is 13.0 Å². The van der Waals surface area contributed by atoms with Crippen molar-refractivity contribution in [2.75, 3.05) is 6.54 Å². The SMILES string of the molecule is CC(=O)SC1CC(=O)N(C(C)c2ccc(F)cc2F)C1. The molecule has 20 heavy (non-hydrogen) atoms. The van der Waals surface area contributed by atoms with E-state index in [2.05, 4.69) is 0 Å². The first-order valence-corrected chi connectivity index (χ1v) is 7.18. The molecule has 0 aliphatic carbocycles. The number of likely N-dealkylation sites (tertiary alicyclic amines) is 1. The van der Waals surface area contributed by atoms with Crippen molar-refractivity contribution in [1.29, 1.82) is 0 Å². The van der Waals surface area contributed by atoms with Gasteiger partial charge in [-0.3, -0.25) is 9.59 Å². The standard InChI is InChI=1S/C14H15F2NO2S/c1-8(12-4-3-10(15)5-13(12)16)17-7-11(6-14(17)19)20-9(2)18/h3-5,8,11H,6-7H2,1-2H3. The highest BCUT2D eigenvalue weighted by Gasteiger charge is 2.34. The zero-order valence-electron chi connectivity index (χ0n) is 11.2. The predicted octanol–water partition coefficient (Wildman–Crippen LogP) is 2.91. The minimum absolute atomic E-state index is 0.0368. The summed E-state index contributed by atoms with van der Waals surface area (Å²) in [6, 6.07) is 2.88. The Kier molecular flexibility index (Phi) is 4.42. The fraction of sp³-hybridized carbons (Fsp3) is 0.429. The molecule has 2 unspecified atom stereocenters. The maximum atomic E-state index is 13.8. The van der Waals surface area contributed by atoms with E-state index in [0.29, 0.717) is 6.54 Å². The molecular weight excluding hydrogens is 284 g/mol. The van der Waals surface area contributed by atoms with Crippen LogP contribution in [0.15, 0.2) is 18.2 Å². The molecule has 0 radical (unpaired) electrons. The van der Waals surface area contributed by atoms with Crippen LogP contribution in [0.4, 0.5) is 8.78 Å². The lowest BCUT2D eigenvalue weighted by Gasteiger charge is -2.25. The summed E-state index contributed by atoms with van der Waals surface area (Å²) in [4.78, 5) is 24.6. The molecule has 2 atom stereocenters. The molecule has 3 nitrogen and oxygen atoms in total. The molecule has 1 aromatic rings. The van der Waals surface area contributed by atoms with Crippen molar-refractivity contribution >= 4 is 22.8 Å². The third-order valence-corrected chi connectivity index (χ3v) is 4.32. The second-order valence-electron chi connectivity index (χ2n) is 4.82. The van der Waals surface area contributed by atoms with E-state index in [-0.39, 0.29) is 28.3 Å². The molecule has 1 saturated heterocycles. The van der Waals surface area contributed by atoms with Crippen molar-refractivity contribution < 1.29 is 18.4 Å². The second-order valence-corrected chi connectivity index (χ2v) is 6.30. The molecule has 0 aromatic heterocycles. The molecule has 1 amide bonds. The second kappa shape index (κ2) is 5.91. The maximum absolute atomic E-state index is 13.8. The minimum Gasteiger partial charge on any atom is -0.335 e. The first-order chi connectivity index (χ1) is 9.38. The Morgan fingerprint density at radius 3 is 2.75 bits per heavy atom. The predicted molar refractivity (Wildman–Crippen MR) is 73.2 cm³/mol. The van der Waals surface area contributed by atoms with E-state index in [1.165, 1.54) is 24.0 Å². The van der Waals surface area contributed by atoms with Gasteiger partial charge in [0.2, 0.25) is 5.91 Å². The topological polar surface area (TPSA) is 37.4 Å². The Bertz CT molecular complexity index is 550. The third-order valence-electron chi connectivity index (χ3n) is 3.34. The Hall–Kier alpha value is -1.43. The molecular formula is C14H15F2NO2S. The smallest absolute Gasteiger partial charge is 0.224 e. The molecule has 0 bridgehead atoms. The monoisotopic (exact) mass is 299 g/mol. The fourth-order valence-electron chi connectivity index (χ4n) is 2.39. The van der Waals surface area contributed by atoms with Gasteiger partial charge in [0, 0.05) is 36.8 Å². The largest absolute Gasteiger partial charge is 0.335 e. The van der Waals surface area contributed by atoms with Gasteiger partial charge < -0.3 is 4.90 Å². The highest BCUT2D eigenvalue weighted by atomic mass is 32.2. The van der Waals surface area contributed by atoms with E-state index in [9.17, 15) is 18.4 Å². The van der Waals surface area contributed by atoms with Gasteiger partial charge in [0.1, 0.15) is 11.6 Å². The Balaban J connectivity index is 2.15. The lowest BCUT2D eigenvalue weighted by atomic mass is 10.1. The van der Waals surface area contributed by atoms with Gasteiger partial charge in [-0.15, -0.1) is 0 Å². The van der Waals surface area contributed by atoms with Crippen molar-refractivity contribution in [2.45, 2.75) is 31.6 Å². The van der Waals surface area contributed by atoms with Gasteiger partial charge in [-0.25, -0.2) is 8.78 Å². The molecule has 6 heteroatoms. The van der Waals surface area contributed by atoms with Crippen molar-refractivity contribution in [3.05, 3.63) is 35.4 Å². The van der Waals surface area contributed by atoms with Crippen LogP contribution in [0.2, 0.25) is 0 Å². The summed E-state index contributed by atoms with van der Waals surface area (Å²) in [6.45, 7) is 3.57. The van der Waals surface area contributed by atoms with Gasteiger partial charge in [-0.2, -0.15) is 0 Å². The van der Waals surface area contributed by atoms with Crippen LogP contribution in [0.25, 0.3) is 0 Å². The average molecular weight is 299 g/mol. The van der Waals surface area contributed by atoms with E-state index in [1.54, 1.807) is 6.92 Å². The Morgan fingerprint density at radius 1 is 1.45 bits per heavy atom. The van der Waals surface area contributed by atoms with Crippen molar-refractivity contribution in [3.63, 3.8) is 0 Å². The summed E-state index contributed by atoms with van der Waals surface area (Å²) < 4.78 is 26.7. The van der Waals surface area contributed by atoms with Gasteiger partial charge in [-0.1, -0.05) is 17.8 Å². The number of amides is 1. The van der Waals surface area contributed by atoms with Gasteiger partial charge in [0.25, 0.3) is 0 Å². The van der Waals surface area contributed by atoms with E-state index in [0.717, 1.165) is 17.8 Å². The molecule has 0 N–H and O–H groups in total. The Labute approximate surface area is 120 Å². The van der Waals surface area contributed by atoms with E-state index >= 15 is 0 Å². The van der Waals surface area contributed by atoms with Crippen LogP contribution in [0.1, 0.15) is 31.9 Å². The van der Waals surface area contributed by atoms with Crippen LogP contribution in [-0.2, 0) is 9.59 Å². The van der Waals surface area contributed by atoms with Crippen LogP contribution >= 0.6 is 11.8 Å². The summed E-state index contributed by atoms with van der Waals surface area (Å²) >= 11 is 1.13. The van der Waals surface area contributed by atoms with Gasteiger partial charge in [0.05, 0.1) is 6.04 Å². The Morgan fingerprint density at radius 2 is 2.15 bits per heavy atom. The molecule has 0 spiro atoms. The number of nitrogens with zero attached hydrogens (tertiary/aromatic N) is 1. The molecule has 1 aliphatic rings. The molecule has 108 valence electrons. The van der Waals surface area contributed by atoms with Crippen LogP contribution in [-0.4, -0.2) is 27.7 Å². The number of carbonyl (C=O) groups is 2. The summed E-state index contributed by atoms with van der Waals surface area (Å²) in [7, 11) is 0. The zero-order valence-corrected chi connectivity index (χ0v) is 12.0. The van der Waals surface area contributed by atoms with Gasteiger partial charge in [0.15, 0.2) is 5.12 Å². The first-order valence-electron chi connectivity index (χ1n) is 6.30. The fourth-order valence-corrected chi connectivity index (χ4v) is 3.32. The van der Waals surface area contributed by atoms with Crippen LogP contribution in [0.5, 0.6) is 0 Å². The summed E-state index contributed by atoms with van der Waals surface area (Å²) in [5.74, 6) is -1.41. The van der Waals surface area contributed by atoms with E-state index < -0.39 is 17.7 Å². The average Bonchev–Trinajstić information content (AvgIpc) is 2.68. The molecule has 1 aliphatic heterocycles. The quantitative estimate of drug-likeness (QED) is 0.861. The third kappa shape index (κ3) is 3.17. The van der Waals surface area contributed by atoms with Crippen molar-refractivity contribution in [3.8, 4) is 0 Å². The number of benzene rings is 1. The van der Waals surface area contributed by atoms with E-state index in [1.807, 2.05) is 0 Å². The summed E-state index contributed by atoms with van der Waals surface area (Å²) in [6.07, 6.45) is 0.275. The minimum atomic E-state index is -0.659. The highest BCUT2D eigenvalue weighted by Crippen LogP contribution is 2.32. The molecule has 1 heterocycles. The lowest BCUT2D eigenvalue weighted by Crippen LogP contribution is -2.29. The van der Waals surface area contributed by atoms with Crippen LogP contribution in [0.3, 0.4) is 0 Å². The van der Waals surface area contributed by atoms with Crippen molar-refractivity contribution in [2.24, 2.45) is 0 Å². The molecule has 0 saturated carbocycles. The zero-order chi connectivity index (χ0) is 14.9. The van der Waals surface area contributed by atoms with Crippen LogP contribution in [0, 0.1) is 11.6 Å². The number of hydrogen-bond acceptors (Lipinski definition) is 3. The lowest BCUT2D eigenvalue weighted by molar-refractivity contribution is -0.129. The van der Waals surface area contributed by atoms with E-state index in [4.69, 9.17) is 0 Å². The molecule has 2 rings (SSSR count).